The molecule has 1 fully saturated rings. The van der Waals surface area contributed by atoms with Crippen LogP contribution in [0.1, 0.15) is 50.1 Å². The summed E-state index contributed by atoms with van der Waals surface area (Å²) in [6.07, 6.45) is 4.93. The Hall–Kier alpha value is -0.870. The second kappa shape index (κ2) is 6.27. The molecule has 0 radical (unpaired) electrons. The van der Waals surface area contributed by atoms with Crippen molar-refractivity contribution < 1.29 is 0 Å². The van der Waals surface area contributed by atoms with Gasteiger partial charge in [-0.15, -0.1) is 0 Å². The Bertz CT molecular complexity index is 442. The van der Waals surface area contributed by atoms with Crippen molar-refractivity contribution in [3.05, 3.63) is 17.0 Å². The third-order valence-corrected chi connectivity index (χ3v) is 5.08. The molecule has 1 saturated carbocycles. The zero-order chi connectivity index (χ0) is 14.9. The normalized spacial score (nSPS) is 28.6. The van der Waals surface area contributed by atoms with Crippen molar-refractivity contribution in [3.63, 3.8) is 0 Å². The van der Waals surface area contributed by atoms with Crippen LogP contribution in [-0.2, 0) is 13.5 Å². The van der Waals surface area contributed by atoms with E-state index in [0.717, 1.165) is 24.0 Å². The number of hydrazine groups is 1. The topological polar surface area (TPSA) is 55.9 Å². The first kappa shape index (κ1) is 15.5. The van der Waals surface area contributed by atoms with Crippen LogP contribution in [0, 0.1) is 31.6 Å². The molecule has 0 bridgehead atoms. The van der Waals surface area contributed by atoms with E-state index in [4.69, 9.17) is 5.84 Å². The third kappa shape index (κ3) is 3.23. The van der Waals surface area contributed by atoms with Gasteiger partial charge in [0.05, 0.1) is 5.69 Å². The van der Waals surface area contributed by atoms with Crippen LogP contribution in [0.25, 0.3) is 0 Å². The van der Waals surface area contributed by atoms with Crippen molar-refractivity contribution in [2.45, 2.75) is 59.4 Å². The summed E-state index contributed by atoms with van der Waals surface area (Å²) in [4.78, 5) is 0. The van der Waals surface area contributed by atoms with Crippen molar-refractivity contribution in [2.75, 3.05) is 0 Å². The summed E-state index contributed by atoms with van der Waals surface area (Å²) in [6.45, 7) is 8.99. The lowest BCUT2D eigenvalue weighted by atomic mass is 9.73. The largest absolute Gasteiger partial charge is 0.272 e. The van der Waals surface area contributed by atoms with Crippen molar-refractivity contribution in [1.29, 1.82) is 0 Å². The van der Waals surface area contributed by atoms with E-state index in [0.29, 0.717) is 12.0 Å². The maximum atomic E-state index is 5.87. The molecule has 0 aromatic carbocycles. The fraction of sp³-hybridized carbons (Fsp3) is 0.812. The van der Waals surface area contributed by atoms with Crippen molar-refractivity contribution >= 4 is 0 Å². The zero-order valence-electron chi connectivity index (χ0n) is 13.6. The molecule has 2 rings (SSSR count). The highest BCUT2D eigenvalue weighted by Gasteiger charge is 2.30. The minimum absolute atomic E-state index is 0.363. The molecule has 114 valence electrons. The quantitative estimate of drug-likeness (QED) is 0.657. The van der Waals surface area contributed by atoms with Gasteiger partial charge in [-0.2, -0.15) is 5.10 Å². The number of aromatic nitrogens is 2. The molecule has 3 unspecified atom stereocenters. The molecule has 0 amide bonds. The molecular weight excluding hydrogens is 248 g/mol. The highest BCUT2D eigenvalue weighted by Crippen LogP contribution is 2.35. The molecule has 20 heavy (non-hydrogen) atoms. The molecule has 0 aliphatic heterocycles. The van der Waals surface area contributed by atoms with E-state index in [-0.39, 0.29) is 0 Å². The number of hydrogen-bond donors (Lipinski definition) is 2. The standard InChI is InChI=1S/C16H30N4/c1-10-6-11(2)8-14(7-10)16(18-17)9-15-12(3)19-20(5)13(15)4/h10-11,14,16,18H,6-9,17H2,1-5H3. The van der Waals surface area contributed by atoms with Crippen LogP contribution < -0.4 is 11.3 Å². The molecular formula is C16H30N4. The zero-order valence-corrected chi connectivity index (χ0v) is 13.6. The van der Waals surface area contributed by atoms with E-state index >= 15 is 0 Å². The first-order valence-corrected chi connectivity index (χ1v) is 7.87. The van der Waals surface area contributed by atoms with E-state index in [1.165, 1.54) is 30.5 Å². The number of hydrogen-bond acceptors (Lipinski definition) is 3. The molecule has 1 aliphatic carbocycles. The lowest BCUT2D eigenvalue weighted by Gasteiger charge is -2.36. The Morgan fingerprint density at radius 3 is 2.30 bits per heavy atom. The van der Waals surface area contributed by atoms with Crippen LogP contribution >= 0.6 is 0 Å². The number of rotatable bonds is 4. The third-order valence-electron chi connectivity index (χ3n) is 5.08. The van der Waals surface area contributed by atoms with Gasteiger partial charge in [-0.25, -0.2) is 0 Å². The summed E-state index contributed by atoms with van der Waals surface area (Å²) in [7, 11) is 2.02. The van der Waals surface area contributed by atoms with E-state index in [9.17, 15) is 0 Å². The molecule has 3 N–H and O–H groups in total. The first-order chi connectivity index (χ1) is 9.42. The van der Waals surface area contributed by atoms with E-state index < -0.39 is 0 Å². The Balaban J connectivity index is 2.12. The number of nitrogens with two attached hydrogens (primary N) is 1. The predicted molar refractivity (Wildman–Crippen MR) is 83.2 cm³/mol. The Labute approximate surface area is 123 Å². The second-order valence-corrected chi connectivity index (χ2v) is 6.93. The lowest BCUT2D eigenvalue weighted by Crippen LogP contribution is -2.45. The summed E-state index contributed by atoms with van der Waals surface area (Å²) in [6, 6.07) is 0.363. The summed E-state index contributed by atoms with van der Waals surface area (Å²) in [5, 5.41) is 4.52. The van der Waals surface area contributed by atoms with Gasteiger partial charge < -0.3 is 0 Å². The van der Waals surface area contributed by atoms with Gasteiger partial charge in [0.2, 0.25) is 0 Å². The minimum atomic E-state index is 0.363. The summed E-state index contributed by atoms with van der Waals surface area (Å²) in [5.74, 6) is 8.18. The van der Waals surface area contributed by atoms with Crippen molar-refractivity contribution in [1.82, 2.24) is 15.2 Å². The average Bonchev–Trinajstić information content (AvgIpc) is 2.60. The fourth-order valence-corrected chi connectivity index (χ4v) is 4.03. The average molecular weight is 278 g/mol. The minimum Gasteiger partial charge on any atom is -0.272 e. The van der Waals surface area contributed by atoms with Crippen LogP contribution in [0.3, 0.4) is 0 Å². The molecule has 0 spiro atoms. The van der Waals surface area contributed by atoms with Gasteiger partial charge in [0, 0.05) is 18.8 Å². The van der Waals surface area contributed by atoms with E-state index in [1.54, 1.807) is 0 Å². The molecule has 4 heteroatoms. The second-order valence-electron chi connectivity index (χ2n) is 6.93. The highest BCUT2D eigenvalue weighted by atomic mass is 15.3. The highest BCUT2D eigenvalue weighted by molar-refractivity contribution is 5.25. The van der Waals surface area contributed by atoms with Gasteiger partial charge in [0.15, 0.2) is 0 Å². The number of nitrogens with zero attached hydrogens (tertiary/aromatic N) is 2. The molecule has 1 aliphatic rings. The summed E-state index contributed by atoms with van der Waals surface area (Å²) >= 11 is 0. The van der Waals surface area contributed by atoms with Gasteiger partial charge in [0.1, 0.15) is 0 Å². The van der Waals surface area contributed by atoms with Gasteiger partial charge in [-0.05, 0) is 62.8 Å². The van der Waals surface area contributed by atoms with Gasteiger partial charge in [0.25, 0.3) is 0 Å². The molecule has 1 heterocycles. The lowest BCUT2D eigenvalue weighted by molar-refractivity contribution is 0.175. The summed E-state index contributed by atoms with van der Waals surface area (Å²) in [5.41, 5.74) is 6.85. The van der Waals surface area contributed by atoms with E-state index in [2.05, 4.69) is 38.2 Å². The maximum absolute atomic E-state index is 5.87. The molecule has 0 saturated heterocycles. The maximum Gasteiger partial charge on any atom is 0.0628 e. The van der Waals surface area contributed by atoms with Crippen LogP contribution in [0.15, 0.2) is 0 Å². The van der Waals surface area contributed by atoms with Crippen LogP contribution in [0.5, 0.6) is 0 Å². The molecule has 4 nitrogen and oxygen atoms in total. The smallest absolute Gasteiger partial charge is 0.0628 e. The van der Waals surface area contributed by atoms with Gasteiger partial charge in [-0.3, -0.25) is 16.0 Å². The Morgan fingerprint density at radius 2 is 1.85 bits per heavy atom. The Kier molecular flexibility index (Phi) is 4.86. The first-order valence-electron chi connectivity index (χ1n) is 7.87. The van der Waals surface area contributed by atoms with Crippen LogP contribution in [0.4, 0.5) is 0 Å². The fourth-order valence-electron chi connectivity index (χ4n) is 4.03. The van der Waals surface area contributed by atoms with Crippen LogP contribution in [-0.4, -0.2) is 15.8 Å². The molecule has 3 atom stereocenters. The summed E-state index contributed by atoms with van der Waals surface area (Å²) < 4.78 is 1.98. The molecule has 1 aromatic heterocycles. The molecule has 1 aromatic rings. The van der Waals surface area contributed by atoms with E-state index in [1.807, 2.05) is 11.7 Å². The van der Waals surface area contributed by atoms with Crippen LogP contribution in [0.2, 0.25) is 0 Å². The number of nitrogens with one attached hydrogen (secondary N) is 1. The number of aryl methyl sites for hydroxylation is 2. The van der Waals surface area contributed by atoms with Gasteiger partial charge >= 0.3 is 0 Å². The van der Waals surface area contributed by atoms with Gasteiger partial charge in [-0.1, -0.05) is 13.8 Å². The van der Waals surface area contributed by atoms with Crippen molar-refractivity contribution in [2.24, 2.45) is 30.6 Å². The van der Waals surface area contributed by atoms with Crippen molar-refractivity contribution in [3.8, 4) is 0 Å². The SMILES string of the molecule is Cc1nn(C)c(C)c1CC(NN)C1CC(C)CC(C)C1. The monoisotopic (exact) mass is 278 g/mol. The Morgan fingerprint density at radius 1 is 1.25 bits per heavy atom. The predicted octanol–water partition coefficient (Wildman–Crippen LogP) is 2.48.